The first-order valence-corrected chi connectivity index (χ1v) is 7.70. The van der Waals surface area contributed by atoms with E-state index >= 15 is 0 Å². The molecule has 1 rings (SSSR count). The molecule has 3 atom stereocenters. The second-order valence-electron chi connectivity index (χ2n) is 5.40. The van der Waals surface area contributed by atoms with Gasteiger partial charge in [-0.2, -0.15) is 0 Å². The van der Waals surface area contributed by atoms with Crippen LogP contribution in [0.3, 0.4) is 0 Å². The Morgan fingerprint density at radius 3 is 2.19 bits per heavy atom. The van der Waals surface area contributed by atoms with Crippen LogP contribution >= 0.6 is 0 Å². The molecule has 0 fully saturated rings. The number of aliphatic hydroxyl groups excluding tert-OH is 4. The summed E-state index contributed by atoms with van der Waals surface area (Å²) in [6, 6.07) is 6.22. The fourth-order valence-electron chi connectivity index (χ4n) is 2.02. The van der Waals surface area contributed by atoms with Gasteiger partial charge in [0.25, 0.3) is 0 Å². The number of carboxylic acids is 1. The zero-order chi connectivity index (χ0) is 19.7. The first-order valence-electron chi connectivity index (χ1n) is 7.70. The van der Waals surface area contributed by atoms with Crippen molar-refractivity contribution in [2.24, 2.45) is 0 Å². The van der Waals surface area contributed by atoms with E-state index in [-0.39, 0.29) is 6.42 Å². The highest BCUT2D eigenvalue weighted by Crippen LogP contribution is 2.17. The van der Waals surface area contributed by atoms with E-state index < -0.39 is 49.0 Å². The summed E-state index contributed by atoms with van der Waals surface area (Å²) in [4.78, 5) is 23.6. The number of hydrogen-bond acceptors (Lipinski definition) is 8. The molecule has 5 N–H and O–H groups in total. The topological polar surface area (TPSA) is 154 Å². The van der Waals surface area contributed by atoms with Crippen molar-refractivity contribution in [1.82, 2.24) is 0 Å². The van der Waals surface area contributed by atoms with Gasteiger partial charge in [0.1, 0.15) is 23.5 Å². The van der Waals surface area contributed by atoms with E-state index in [0.29, 0.717) is 11.3 Å². The molecular formula is C17H22O9. The Kier molecular flexibility index (Phi) is 8.73. The molecule has 9 heteroatoms. The van der Waals surface area contributed by atoms with Gasteiger partial charge in [-0.05, 0) is 23.8 Å². The highest BCUT2D eigenvalue weighted by atomic mass is 16.6. The number of aliphatic carboxylic acids is 1. The summed E-state index contributed by atoms with van der Waals surface area (Å²) in [5, 5.41) is 46.2. The fourth-order valence-corrected chi connectivity index (χ4v) is 2.02. The highest BCUT2D eigenvalue weighted by Gasteiger charge is 2.29. The van der Waals surface area contributed by atoms with Crippen LogP contribution < -0.4 is 4.74 Å². The number of rotatable bonds is 10. The molecule has 0 heterocycles. The summed E-state index contributed by atoms with van der Waals surface area (Å²) in [6.45, 7) is -1.43. The second kappa shape index (κ2) is 10.5. The van der Waals surface area contributed by atoms with Crippen molar-refractivity contribution in [3.63, 3.8) is 0 Å². The summed E-state index contributed by atoms with van der Waals surface area (Å²) in [7, 11) is 1.47. The van der Waals surface area contributed by atoms with E-state index in [0.717, 1.165) is 6.08 Å². The molecule has 0 bridgehead atoms. The zero-order valence-corrected chi connectivity index (χ0v) is 14.1. The molecule has 26 heavy (non-hydrogen) atoms. The Labute approximate surface area is 149 Å². The van der Waals surface area contributed by atoms with Crippen LogP contribution in [0.25, 0.3) is 6.08 Å². The third-order valence-electron chi connectivity index (χ3n) is 3.47. The van der Waals surface area contributed by atoms with Gasteiger partial charge >= 0.3 is 11.9 Å². The van der Waals surface area contributed by atoms with Crippen molar-refractivity contribution >= 4 is 18.0 Å². The molecule has 0 aliphatic heterocycles. The molecule has 0 aromatic heterocycles. The first-order chi connectivity index (χ1) is 12.3. The summed E-state index contributed by atoms with van der Waals surface area (Å²) in [5.41, 5.74) is -0.307. The minimum atomic E-state index is -1.55. The lowest BCUT2D eigenvalue weighted by atomic mass is 10.1. The molecule has 0 amide bonds. The van der Waals surface area contributed by atoms with Crippen LogP contribution in [0.4, 0.5) is 0 Å². The fraction of sp³-hybridized carbons (Fsp3) is 0.412. The zero-order valence-electron chi connectivity index (χ0n) is 14.1. The van der Waals surface area contributed by atoms with Crippen LogP contribution in [0.1, 0.15) is 12.0 Å². The van der Waals surface area contributed by atoms with Gasteiger partial charge in [0.2, 0.25) is 0 Å². The maximum absolute atomic E-state index is 12.2. The minimum Gasteiger partial charge on any atom is -0.497 e. The third-order valence-corrected chi connectivity index (χ3v) is 3.47. The van der Waals surface area contributed by atoms with Crippen LogP contribution in [0.15, 0.2) is 29.8 Å². The summed E-state index contributed by atoms with van der Waals surface area (Å²) >= 11 is 0. The largest absolute Gasteiger partial charge is 0.497 e. The van der Waals surface area contributed by atoms with Crippen molar-refractivity contribution in [3.05, 3.63) is 35.4 Å². The Hall–Kier alpha value is -2.46. The lowest BCUT2D eigenvalue weighted by molar-refractivity contribution is -0.156. The number of ether oxygens (including phenoxy) is 2. The van der Waals surface area contributed by atoms with Gasteiger partial charge in [-0.15, -0.1) is 0 Å². The number of hydrogen-bond donors (Lipinski definition) is 5. The van der Waals surface area contributed by atoms with E-state index in [2.05, 4.69) is 0 Å². The average molecular weight is 370 g/mol. The van der Waals surface area contributed by atoms with Gasteiger partial charge in [-0.3, -0.25) is 0 Å². The van der Waals surface area contributed by atoms with Crippen LogP contribution in [0.2, 0.25) is 0 Å². The Bertz CT molecular complexity index is 624. The van der Waals surface area contributed by atoms with Crippen molar-refractivity contribution in [2.75, 3.05) is 20.3 Å². The Morgan fingerprint density at radius 1 is 1.12 bits per heavy atom. The quantitative estimate of drug-likeness (QED) is 0.154. The van der Waals surface area contributed by atoms with E-state index in [1.807, 2.05) is 0 Å². The van der Waals surface area contributed by atoms with Crippen molar-refractivity contribution in [1.29, 1.82) is 0 Å². The van der Waals surface area contributed by atoms with Gasteiger partial charge in [0.05, 0.1) is 26.4 Å². The monoisotopic (exact) mass is 370 g/mol. The van der Waals surface area contributed by atoms with Gasteiger partial charge in [0, 0.05) is 6.42 Å². The van der Waals surface area contributed by atoms with Gasteiger partial charge in [0.15, 0.2) is 0 Å². The lowest BCUT2D eigenvalue weighted by Crippen LogP contribution is -2.38. The smallest absolute Gasteiger partial charge is 0.345 e. The maximum Gasteiger partial charge on any atom is 0.345 e. The maximum atomic E-state index is 12.2. The number of esters is 1. The number of carboxylic acid groups (broad SMARTS) is 1. The summed E-state index contributed by atoms with van der Waals surface area (Å²) in [6.07, 6.45) is -3.55. The van der Waals surface area contributed by atoms with Crippen LogP contribution in [0, 0.1) is 0 Å². The molecule has 1 aromatic carbocycles. The van der Waals surface area contributed by atoms with E-state index in [1.54, 1.807) is 12.1 Å². The molecule has 1 aromatic rings. The predicted molar refractivity (Wildman–Crippen MR) is 89.3 cm³/mol. The highest BCUT2D eigenvalue weighted by molar-refractivity contribution is 6.17. The summed E-state index contributed by atoms with van der Waals surface area (Å²) < 4.78 is 9.91. The van der Waals surface area contributed by atoms with E-state index in [9.17, 15) is 24.9 Å². The van der Waals surface area contributed by atoms with Crippen molar-refractivity contribution < 1.29 is 44.6 Å². The van der Waals surface area contributed by atoms with Gasteiger partial charge in [-0.25, -0.2) is 9.59 Å². The Balaban J connectivity index is 3.01. The number of benzene rings is 1. The minimum absolute atomic E-state index is 0.376. The molecule has 0 radical (unpaired) electrons. The molecule has 0 aliphatic carbocycles. The SMILES string of the molecule is COc1ccc(C=C(C(=O)O)C(=O)OC(CC(O)CO)C(O)CO)cc1. The van der Waals surface area contributed by atoms with Crippen LogP contribution in [-0.4, -0.2) is 76.1 Å². The predicted octanol–water partition coefficient (Wildman–Crippen LogP) is -0.829. The van der Waals surface area contributed by atoms with Gasteiger partial charge < -0.3 is 35.0 Å². The number of carbonyl (C=O) groups is 2. The molecule has 144 valence electrons. The van der Waals surface area contributed by atoms with Gasteiger partial charge in [-0.1, -0.05) is 12.1 Å². The molecule has 0 spiro atoms. The normalized spacial score (nSPS) is 15.0. The number of carbonyl (C=O) groups excluding carboxylic acids is 1. The molecule has 0 saturated heterocycles. The van der Waals surface area contributed by atoms with E-state index in [4.69, 9.17) is 19.7 Å². The molecule has 3 unspecified atom stereocenters. The average Bonchev–Trinajstić information content (AvgIpc) is 2.64. The first kappa shape index (κ1) is 21.6. The molecule has 0 aliphatic rings. The van der Waals surface area contributed by atoms with Crippen LogP contribution in [0.5, 0.6) is 5.75 Å². The number of methoxy groups -OCH3 is 1. The van der Waals surface area contributed by atoms with E-state index in [1.165, 1.54) is 19.2 Å². The standard InChI is InChI=1S/C17H22O9/c1-25-12-4-2-10(3-5-12)6-13(16(22)23)17(24)26-15(14(21)9-19)7-11(20)8-18/h2-6,11,14-15,18-21H,7-9H2,1H3,(H,22,23). The molecule has 9 nitrogen and oxygen atoms in total. The third kappa shape index (κ3) is 6.45. The Morgan fingerprint density at radius 2 is 1.73 bits per heavy atom. The summed E-state index contributed by atoms with van der Waals surface area (Å²) in [5.74, 6) is -2.26. The lowest BCUT2D eigenvalue weighted by Gasteiger charge is -2.23. The number of aliphatic hydroxyl groups is 4. The van der Waals surface area contributed by atoms with Crippen molar-refractivity contribution in [2.45, 2.75) is 24.7 Å². The molecular weight excluding hydrogens is 348 g/mol. The second-order valence-corrected chi connectivity index (χ2v) is 5.40. The molecule has 0 saturated carbocycles. The van der Waals surface area contributed by atoms with Crippen molar-refractivity contribution in [3.8, 4) is 5.75 Å². The van der Waals surface area contributed by atoms with Crippen LogP contribution in [-0.2, 0) is 14.3 Å².